The molecule has 0 atom stereocenters. The van der Waals surface area contributed by atoms with E-state index in [0.717, 1.165) is 33.0 Å². The lowest BCUT2D eigenvalue weighted by atomic mass is 10.2. The number of halogens is 1. The van der Waals surface area contributed by atoms with Crippen LogP contribution in [0.25, 0.3) is 0 Å². The number of rotatable bonds is 2. The maximum atomic E-state index is 12.3. The van der Waals surface area contributed by atoms with E-state index in [1.807, 2.05) is 30.0 Å². The van der Waals surface area contributed by atoms with Gasteiger partial charge in [-0.25, -0.2) is 0 Å². The third kappa shape index (κ3) is 2.87. The summed E-state index contributed by atoms with van der Waals surface area (Å²) in [6.07, 6.45) is 1.07. The quantitative estimate of drug-likeness (QED) is 0.783. The highest BCUT2D eigenvalue weighted by Gasteiger charge is 2.17. The number of nitrogen functional groups attached to an aromatic ring is 1. The van der Waals surface area contributed by atoms with Crippen LogP contribution in [0.15, 0.2) is 28.7 Å². The number of amides is 1. The summed E-state index contributed by atoms with van der Waals surface area (Å²) in [5.74, 6) is 2.11. The van der Waals surface area contributed by atoms with Crippen molar-refractivity contribution < 1.29 is 4.79 Å². The zero-order chi connectivity index (χ0) is 14.1. The third-order valence-electron chi connectivity index (χ3n) is 3.11. The van der Waals surface area contributed by atoms with Crippen molar-refractivity contribution in [1.29, 1.82) is 0 Å². The number of benzene rings is 1. The minimum absolute atomic E-state index is 0.0591. The molecule has 3 rings (SSSR count). The number of fused-ring (bicyclic) bond motifs is 1. The molecule has 0 aliphatic carbocycles. The van der Waals surface area contributed by atoms with Crippen molar-refractivity contribution in [3.63, 3.8) is 0 Å². The van der Waals surface area contributed by atoms with Crippen LogP contribution in [0.2, 0.25) is 0 Å². The van der Waals surface area contributed by atoms with Gasteiger partial charge in [0.15, 0.2) is 0 Å². The first-order chi connectivity index (χ1) is 9.63. The Morgan fingerprint density at radius 1 is 1.35 bits per heavy atom. The zero-order valence-corrected chi connectivity index (χ0v) is 13.8. The van der Waals surface area contributed by atoms with Crippen LogP contribution in [0, 0.1) is 0 Å². The Morgan fingerprint density at radius 3 is 2.95 bits per heavy atom. The number of anilines is 2. The maximum absolute atomic E-state index is 12.3. The molecular formula is C14H13BrN2OS2. The van der Waals surface area contributed by atoms with Crippen LogP contribution in [0.4, 0.5) is 11.4 Å². The van der Waals surface area contributed by atoms with E-state index in [2.05, 4.69) is 21.2 Å². The lowest BCUT2D eigenvalue weighted by Gasteiger charge is -2.08. The molecule has 6 heteroatoms. The third-order valence-corrected chi connectivity index (χ3v) is 6.07. The molecule has 0 fully saturated rings. The Balaban J connectivity index is 1.78. The Morgan fingerprint density at radius 2 is 2.20 bits per heavy atom. The molecule has 1 amide bonds. The van der Waals surface area contributed by atoms with Crippen LogP contribution in [0.1, 0.15) is 20.1 Å². The monoisotopic (exact) mass is 368 g/mol. The number of hydrogen-bond donors (Lipinski definition) is 2. The molecular weight excluding hydrogens is 356 g/mol. The maximum Gasteiger partial charge on any atom is 0.265 e. The van der Waals surface area contributed by atoms with Crippen molar-refractivity contribution in [1.82, 2.24) is 0 Å². The predicted molar refractivity (Wildman–Crippen MR) is 90.7 cm³/mol. The molecule has 3 nitrogen and oxygen atoms in total. The van der Waals surface area contributed by atoms with Crippen molar-refractivity contribution in [2.45, 2.75) is 12.2 Å². The number of carbonyl (C=O) groups excluding carboxylic acids is 1. The van der Waals surface area contributed by atoms with Gasteiger partial charge in [0.1, 0.15) is 0 Å². The van der Waals surface area contributed by atoms with Gasteiger partial charge in [0.2, 0.25) is 0 Å². The summed E-state index contributed by atoms with van der Waals surface area (Å²) < 4.78 is 0.833. The van der Waals surface area contributed by atoms with Crippen molar-refractivity contribution in [2.75, 3.05) is 16.8 Å². The lowest BCUT2D eigenvalue weighted by molar-refractivity contribution is 0.103. The first-order valence-electron chi connectivity index (χ1n) is 6.19. The molecule has 0 saturated carbocycles. The van der Waals surface area contributed by atoms with Crippen molar-refractivity contribution >= 4 is 56.3 Å². The Hall–Kier alpha value is -0.980. The summed E-state index contributed by atoms with van der Waals surface area (Å²) >= 11 is 6.87. The average Bonchev–Trinajstić information content (AvgIpc) is 2.87. The number of nitrogens with two attached hydrogens (primary N) is 1. The van der Waals surface area contributed by atoms with E-state index < -0.39 is 0 Å². The molecule has 0 saturated heterocycles. The highest BCUT2D eigenvalue weighted by Crippen LogP contribution is 2.32. The molecule has 3 N–H and O–H groups in total. The fourth-order valence-electron chi connectivity index (χ4n) is 2.07. The van der Waals surface area contributed by atoms with E-state index in [1.54, 1.807) is 17.4 Å². The second-order valence-electron chi connectivity index (χ2n) is 4.55. The largest absolute Gasteiger partial charge is 0.398 e. The second-order valence-corrected chi connectivity index (χ2v) is 7.65. The molecule has 0 unspecified atom stereocenters. The van der Waals surface area contributed by atoms with Crippen LogP contribution < -0.4 is 11.1 Å². The highest BCUT2D eigenvalue weighted by molar-refractivity contribution is 9.10. The van der Waals surface area contributed by atoms with Gasteiger partial charge in [-0.05, 0) is 57.9 Å². The summed E-state index contributed by atoms with van der Waals surface area (Å²) in [6, 6.07) is 7.44. The first kappa shape index (κ1) is 14.0. The van der Waals surface area contributed by atoms with Crippen LogP contribution in [-0.2, 0) is 12.2 Å². The zero-order valence-electron chi connectivity index (χ0n) is 10.6. The van der Waals surface area contributed by atoms with Crippen molar-refractivity contribution in [3.8, 4) is 0 Å². The van der Waals surface area contributed by atoms with Gasteiger partial charge in [-0.1, -0.05) is 0 Å². The van der Waals surface area contributed by atoms with Crippen molar-refractivity contribution in [3.05, 3.63) is 44.1 Å². The molecule has 1 aliphatic heterocycles. The number of hydrogen-bond acceptors (Lipinski definition) is 4. The summed E-state index contributed by atoms with van der Waals surface area (Å²) in [5, 5.41) is 2.90. The van der Waals surface area contributed by atoms with Gasteiger partial charge < -0.3 is 11.1 Å². The number of thiophene rings is 1. The van der Waals surface area contributed by atoms with Gasteiger partial charge in [0.05, 0.1) is 4.88 Å². The summed E-state index contributed by atoms with van der Waals surface area (Å²) in [5.41, 5.74) is 8.46. The molecule has 2 heterocycles. The van der Waals surface area contributed by atoms with Gasteiger partial charge in [0, 0.05) is 26.5 Å². The Kier molecular flexibility index (Phi) is 4.05. The topological polar surface area (TPSA) is 55.1 Å². The summed E-state index contributed by atoms with van der Waals surface area (Å²) in [7, 11) is 0. The SMILES string of the molecule is Nc1cc(NC(=O)c2cc3c(s2)CCSC3)ccc1Br. The van der Waals surface area contributed by atoms with Crippen LogP contribution in [0.5, 0.6) is 0 Å². The van der Waals surface area contributed by atoms with Gasteiger partial charge >= 0.3 is 0 Å². The van der Waals surface area contributed by atoms with Gasteiger partial charge in [0.25, 0.3) is 5.91 Å². The van der Waals surface area contributed by atoms with E-state index in [9.17, 15) is 4.79 Å². The molecule has 2 aromatic rings. The van der Waals surface area contributed by atoms with E-state index in [4.69, 9.17) is 5.73 Å². The number of carbonyl (C=O) groups is 1. The fourth-order valence-corrected chi connectivity index (χ4v) is 4.59. The minimum atomic E-state index is -0.0591. The first-order valence-corrected chi connectivity index (χ1v) is 8.95. The van der Waals surface area contributed by atoms with Crippen LogP contribution in [-0.4, -0.2) is 11.7 Å². The molecule has 1 aromatic heterocycles. The van der Waals surface area contributed by atoms with Crippen molar-refractivity contribution in [2.24, 2.45) is 0 Å². The normalized spacial score (nSPS) is 13.8. The van der Waals surface area contributed by atoms with Crippen LogP contribution in [0.3, 0.4) is 0 Å². The molecule has 0 bridgehead atoms. The van der Waals surface area contributed by atoms with E-state index in [-0.39, 0.29) is 5.91 Å². The van der Waals surface area contributed by atoms with Crippen LogP contribution >= 0.6 is 39.0 Å². The molecule has 1 aromatic carbocycles. The smallest absolute Gasteiger partial charge is 0.265 e. The summed E-state index contributed by atoms with van der Waals surface area (Å²) in [6.45, 7) is 0. The van der Waals surface area contributed by atoms with Gasteiger partial charge in [-0.15, -0.1) is 11.3 Å². The van der Waals surface area contributed by atoms with Gasteiger partial charge in [-0.2, -0.15) is 11.8 Å². The molecule has 0 radical (unpaired) electrons. The molecule has 1 aliphatic rings. The van der Waals surface area contributed by atoms with E-state index >= 15 is 0 Å². The molecule has 0 spiro atoms. The van der Waals surface area contributed by atoms with E-state index in [0.29, 0.717) is 5.69 Å². The average molecular weight is 369 g/mol. The standard InChI is InChI=1S/C14H13BrN2OS2/c15-10-2-1-9(6-11(10)16)17-14(18)13-5-8-7-19-4-3-12(8)20-13/h1-2,5-6H,3-4,7,16H2,(H,17,18). The fraction of sp³-hybridized carbons (Fsp3) is 0.214. The second kappa shape index (κ2) is 5.79. The number of aryl methyl sites for hydroxylation is 1. The predicted octanol–water partition coefficient (Wildman–Crippen LogP) is 4.13. The lowest BCUT2D eigenvalue weighted by Crippen LogP contribution is -2.10. The van der Waals surface area contributed by atoms with E-state index in [1.165, 1.54) is 10.4 Å². The Bertz CT molecular complexity index is 646. The molecule has 104 valence electrons. The Labute approximate surface area is 134 Å². The summed E-state index contributed by atoms with van der Waals surface area (Å²) in [4.78, 5) is 14.4. The number of thioether (sulfide) groups is 1. The number of nitrogens with one attached hydrogen (secondary N) is 1. The van der Waals surface area contributed by atoms with Gasteiger partial charge in [-0.3, -0.25) is 4.79 Å². The highest BCUT2D eigenvalue weighted by atomic mass is 79.9. The minimum Gasteiger partial charge on any atom is -0.398 e. The molecule has 20 heavy (non-hydrogen) atoms.